The molecule has 1 aliphatic carbocycles. The molecule has 3 nitrogen and oxygen atoms in total. The third kappa shape index (κ3) is 13.1. The summed E-state index contributed by atoms with van der Waals surface area (Å²) in [5, 5.41) is 0. The first-order valence-electron chi connectivity index (χ1n) is 13.8. The fourth-order valence-corrected chi connectivity index (χ4v) is 7.10. The topological polar surface area (TPSA) is 35.5 Å². The zero-order valence-electron chi connectivity index (χ0n) is 22.5. The van der Waals surface area contributed by atoms with E-state index in [0.29, 0.717) is 25.7 Å². The lowest BCUT2D eigenvalue weighted by atomic mass is 9.83. The molecule has 0 N–H and O–H groups in total. The Kier molecular flexibility index (Phi) is 16.1. The molecule has 2 atom stereocenters. The number of thiocarbonyl (C=S) groups is 1. The van der Waals surface area contributed by atoms with Crippen LogP contribution in [0.15, 0.2) is 42.5 Å². The summed E-state index contributed by atoms with van der Waals surface area (Å²) in [7, 11) is 0. The van der Waals surface area contributed by atoms with Gasteiger partial charge in [0.15, 0.2) is 0 Å². The number of hydrogen-bond acceptors (Lipinski definition) is 6. The van der Waals surface area contributed by atoms with Gasteiger partial charge in [-0.1, -0.05) is 131 Å². The van der Waals surface area contributed by atoms with Gasteiger partial charge in [0.1, 0.15) is 8.28 Å². The summed E-state index contributed by atoms with van der Waals surface area (Å²) in [6.07, 6.45) is 17.6. The molecule has 0 saturated carbocycles. The highest BCUT2D eigenvalue weighted by molar-refractivity contribution is 8.47. The molecule has 1 aliphatic rings. The third-order valence-electron chi connectivity index (χ3n) is 6.53. The Morgan fingerprint density at radius 1 is 0.889 bits per heavy atom. The molecule has 0 fully saturated rings. The molecule has 202 valence electrons. The van der Waals surface area contributed by atoms with Gasteiger partial charge in [-0.25, -0.2) is 0 Å². The number of benzene rings is 1. The van der Waals surface area contributed by atoms with Crippen molar-refractivity contribution in [3.05, 3.63) is 48.0 Å². The predicted octanol–water partition coefficient (Wildman–Crippen LogP) is 9.00. The number of esters is 1. The van der Waals surface area contributed by atoms with E-state index in [9.17, 15) is 4.79 Å². The standard InChI is InChI=1S/C30H46O3S3/c1-4-5-6-7-8-9-10-11-12-16-21-35-29(34)36-30(2,3)28(31)33-24-27-20-19-26(27)23-32-22-25-17-14-13-15-18-25/h13-15,17-20,26-27H,4-12,16,21-24H2,1-3H3/t26-,27+/m0/s1. The Labute approximate surface area is 233 Å². The SMILES string of the molecule is CCCCCCCCCCCCSC(=S)SC(C)(C)C(=O)OC[C@H]1C=C[C@H]1COCc1ccccc1. The Hall–Kier alpha value is -0.820. The van der Waals surface area contributed by atoms with E-state index in [1.54, 1.807) is 11.8 Å². The van der Waals surface area contributed by atoms with Gasteiger partial charge in [0, 0.05) is 11.8 Å². The number of rotatable bonds is 19. The van der Waals surface area contributed by atoms with Crippen LogP contribution in [-0.2, 0) is 20.9 Å². The van der Waals surface area contributed by atoms with Crippen molar-refractivity contribution in [2.75, 3.05) is 19.0 Å². The molecule has 2 rings (SSSR count). The van der Waals surface area contributed by atoms with Gasteiger partial charge in [-0.3, -0.25) is 4.79 Å². The van der Waals surface area contributed by atoms with Crippen molar-refractivity contribution >= 4 is 45.2 Å². The van der Waals surface area contributed by atoms with Gasteiger partial charge in [-0.15, -0.1) is 11.8 Å². The van der Waals surface area contributed by atoms with E-state index in [4.69, 9.17) is 21.7 Å². The summed E-state index contributed by atoms with van der Waals surface area (Å²) < 4.78 is 11.7. The molecule has 0 spiro atoms. The molecular formula is C30H46O3S3. The van der Waals surface area contributed by atoms with Crippen molar-refractivity contribution < 1.29 is 14.3 Å². The zero-order valence-corrected chi connectivity index (χ0v) is 25.0. The van der Waals surface area contributed by atoms with Crippen LogP contribution in [0.1, 0.15) is 90.5 Å². The molecule has 0 saturated heterocycles. The van der Waals surface area contributed by atoms with E-state index in [0.717, 1.165) is 9.28 Å². The van der Waals surface area contributed by atoms with Gasteiger partial charge in [0.2, 0.25) is 0 Å². The van der Waals surface area contributed by atoms with Gasteiger partial charge in [0.25, 0.3) is 0 Å². The monoisotopic (exact) mass is 550 g/mol. The van der Waals surface area contributed by atoms with Crippen LogP contribution in [0.4, 0.5) is 0 Å². The molecule has 0 heterocycles. The highest BCUT2D eigenvalue weighted by Gasteiger charge is 2.34. The molecule has 0 amide bonds. The predicted molar refractivity (Wildman–Crippen MR) is 162 cm³/mol. The Morgan fingerprint density at radius 2 is 1.47 bits per heavy atom. The molecule has 36 heavy (non-hydrogen) atoms. The van der Waals surface area contributed by atoms with E-state index >= 15 is 0 Å². The van der Waals surface area contributed by atoms with Crippen LogP contribution in [0, 0.1) is 11.8 Å². The molecule has 0 radical (unpaired) electrons. The molecule has 0 aromatic heterocycles. The number of carbonyl (C=O) groups is 1. The van der Waals surface area contributed by atoms with Crippen molar-refractivity contribution in [2.24, 2.45) is 11.8 Å². The summed E-state index contributed by atoms with van der Waals surface area (Å²) in [4.78, 5) is 12.7. The largest absolute Gasteiger partial charge is 0.464 e. The lowest BCUT2D eigenvalue weighted by Crippen LogP contribution is -2.35. The molecule has 0 aliphatic heterocycles. The molecule has 0 unspecified atom stereocenters. The maximum absolute atomic E-state index is 12.7. The number of carbonyl (C=O) groups excluding carboxylic acids is 1. The second-order valence-electron chi connectivity index (χ2n) is 10.2. The van der Waals surface area contributed by atoms with Crippen molar-refractivity contribution in [2.45, 2.75) is 96.3 Å². The lowest BCUT2D eigenvalue weighted by Gasteiger charge is -2.30. The Balaban J connectivity index is 1.51. The van der Waals surface area contributed by atoms with Crippen molar-refractivity contribution in [1.82, 2.24) is 0 Å². The summed E-state index contributed by atoms with van der Waals surface area (Å²) in [6, 6.07) is 10.2. The highest BCUT2D eigenvalue weighted by Crippen LogP contribution is 2.33. The van der Waals surface area contributed by atoms with Crippen molar-refractivity contribution in [1.29, 1.82) is 0 Å². The summed E-state index contributed by atoms with van der Waals surface area (Å²) in [6.45, 7) is 7.73. The van der Waals surface area contributed by atoms with Gasteiger partial charge in [0.05, 0.1) is 19.8 Å². The minimum absolute atomic E-state index is 0.196. The highest BCUT2D eigenvalue weighted by atomic mass is 32.2. The normalized spacial score (nSPS) is 17.1. The lowest BCUT2D eigenvalue weighted by molar-refractivity contribution is -0.147. The molecule has 1 aromatic carbocycles. The van der Waals surface area contributed by atoms with Crippen LogP contribution in [0.25, 0.3) is 0 Å². The molecule has 6 heteroatoms. The Morgan fingerprint density at radius 3 is 2.08 bits per heavy atom. The van der Waals surface area contributed by atoms with Gasteiger partial charge in [-0.2, -0.15) is 0 Å². The molecule has 1 aromatic rings. The summed E-state index contributed by atoms with van der Waals surface area (Å²) in [5.41, 5.74) is 1.17. The van der Waals surface area contributed by atoms with Crippen molar-refractivity contribution in [3.63, 3.8) is 0 Å². The number of hydrogen-bond donors (Lipinski definition) is 0. The molecule has 0 bridgehead atoms. The Bertz CT molecular complexity index is 779. The molecular weight excluding hydrogens is 505 g/mol. The number of unbranched alkanes of at least 4 members (excludes halogenated alkanes) is 9. The second kappa shape index (κ2) is 18.4. The van der Waals surface area contributed by atoms with E-state index in [-0.39, 0.29) is 11.9 Å². The third-order valence-corrected chi connectivity index (χ3v) is 9.31. The minimum atomic E-state index is -0.672. The van der Waals surface area contributed by atoms with E-state index in [1.165, 1.54) is 81.5 Å². The number of thioether (sulfide) groups is 2. The smallest absolute Gasteiger partial charge is 0.322 e. The average Bonchev–Trinajstić information content (AvgIpc) is 2.84. The van der Waals surface area contributed by atoms with Crippen LogP contribution in [0.2, 0.25) is 0 Å². The van der Waals surface area contributed by atoms with Crippen molar-refractivity contribution in [3.8, 4) is 0 Å². The van der Waals surface area contributed by atoms with Crippen LogP contribution < -0.4 is 0 Å². The van der Waals surface area contributed by atoms with Gasteiger partial charge < -0.3 is 9.47 Å². The first-order chi connectivity index (χ1) is 17.4. The quantitative estimate of drug-likeness (QED) is 0.0740. The summed E-state index contributed by atoms with van der Waals surface area (Å²) >= 11 is 8.72. The maximum atomic E-state index is 12.7. The van der Waals surface area contributed by atoms with E-state index < -0.39 is 4.75 Å². The van der Waals surface area contributed by atoms with Gasteiger partial charge >= 0.3 is 5.97 Å². The first kappa shape index (κ1) is 31.4. The number of ether oxygens (including phenoxy) is 2. The van der Waals surface area contributed by atoms with E-state index in [1.807, 2.05) is 32.0 Å². The fourth-order valence-electron chi connectivity index (χ4n) is 4.04. The van der Waals surface area contributed by atoms with Crippen LogP contribution in [-0.4, -0.2) is 33.2 Å². The summed E-state index contributed by atoms with van der Waals surface area (Å²) in [5.74, 6) is 1.36. The van der Waals surface area contributed by atoms with Crippen LogP contribution in [0.5, 0.6) is 0 Å². The minimum Gasteiger partial charge on any atom is -0.464 e. The van der Waals surface area contributed by atoms with Gasteiger partial charge in [-0.05, 0) is 31.6 Å². The second-order valence-corrected chi connectivity index (χ2v) is 14.1. The van der Waals surface area contributed by atoms with E-state index in [2.05, 4.69) is 31.2 Å². The van der Waals surface area contributed by atoms with Crippen LogP contribution >= 0.6 is 35.7 Å². The average molecular weight is 551 g/mol. The zero-order chi connectivity index (χ0) is 26.1. The van der Waals surface area contributed by atoms with Crippen LogP contribution in [0.3, 0.4) is 0 Å². The fraction of sp³-hybridized carbons (Fsp3) is 0.667. The maximum Gasteiger partial charge on any atom is 0.322 e. The first-order valence-corrected chi connectivity index (χ1v) is 16.0.